The molecule has 2 heterocycles. The molecule has 0 aliphatic carbocycles. The van der Waals surface area contributed by atoms with Gasteiger partial charge in [-0.25, -0.2) is 9.78 Å². The number of rotatable bonds is 1. The van der Waals surface area contributed by atoms with E-state index in [1.54, 1.807) is 18.3 Å². The first-order valence-corrected chi connectivity index (χ1v) is 3.44. The fraction of sp³-hybridized carbons (Fsp3) is 0. The fourth-order valence-electron chi connectivity index (χ4n) is 1.09. The zero-order valence-corrected chi connectivity index (χ0v) is 7.14. The molecule has 0 bridgehead atoms. The van der Waals surface area contributed by atoms with Crippen molar-refractivity contribution >= 4 is 30.5 Å². The van der Waals surface area contributed by atoms with Crippen LogP contribution in [-0.2, 0) is 0 Å². The number of imidazole rings is 1. The van der Waals surface area contributed by atoms with Crippen molar-refractivity contribution in [1.29, 1.82) is 0 Å². The van der Waals surface area contributed by atoms with Gasteiger partial charge in [-0.05, 0) is 12.1 Å². The number of pyridine rings is 1. The van der Waals surface area contributed by atoms with Gasteiger partial charge in [-0.3, -0.25) is 4.40 Å². The Morgan fingerprint density at radius 1 is 1.46 bits per heavy atom. The second-order valence-corrected chi connectivity index (χ2v) is 2.38. The summed E-state index contributed by atoms with van der Waals surface area (Å²) in [7, 11) is 0. The van der Waals surface area contributed by atoms with Crippen molar-refractivity contribution in [3.63, 3.8) is 0 Å². The maximum absolute atomic E-state index is 10.6. The Morgan fingerprint density at radius 3 is 2.92 bits per heavy atom. The van der Waals surface area contributed by atoms with Crippen molar-refractivity contribution in [3.8, 4) is 0 Å². The number of aromatic carboxylic acids is 1. The molecular formula is C8H6LiN2O2. The van der Waals surface area contributed by atoms with Crippen LogP contribution in [0.4, 0.5) is 0 Å². The van der Waals surface area contributed by atoms with Crippen LogP contribution >= 0.6 is 0 Å². The van der Waals surface area contributed by atoms with E-state index in [1.165, 1.54) is 10.6 Å². The first-order valence-electron chi connectivity index (χ1n) is 3.44. The predicted molar refractivity (Wildman–Crippen MR) is 47.9 cm³/mol. The summed E-state index contributed by atoms with van der Waals surface area (Å²) in [5.41, 5.74) is 0.834. The van der Waals surface area contributed by atoms with Gasteiger partial charge in [0, 0.05) is 25.1 Å². The van der Waals surface area contributed by atoms with Crippen LogP contribution in [-0.4, -0.2) is 39.3 Å². The van der Waals surface area contributed by atoms with E-state index in [-0.39, 0.29) is 24.6 Å². The van der Waals surface area contributed by atoms with Crippen molar-refractivity contribution in [3.05, 3.63) is 36.3 Å². The van der Waals surface area contributed by atoms with Crippen LogP contribution in [0.2, 0.25) is 0 Å². The third-order valence-corrected chi connectivity index (χ3v) is 1.64. The molecule has 0 saturated heterocycles. The molecule has 0 fully saturated rings. The van der Waals surface area contributed by atoms with Crippen molar-refractivity contribution in [2.24, 2.45) is 0 Å². The molecule has 0 aliphatic rings. The number of hydrogen-bond donors (Lipinski definition) is 1. The Morgan fingerprint density at radius 2 is 2.23 bits per heavy atom. The SMILES string of the molecule is O=C(O)c1cnc2ccccn12.[Li]. The van der Waals surface area contributed by atoms with E-state index in [0.29, 0.717) is 5.65 Å². The summed E-state index contributed by atoms with van der Waals surface area (Å²) in [6.07, 6.45) is 3.02. The first kappa shape index (κ1) is 9.84. The van der Waals surface area contributed by atoms with Crippen molar-refractivity contribution in [1.82, 2.24) is 9.38 Å². The molecule has 0 unspecified atom stereocenters. The summed E-state index contributed by atoms with van der Waals surface area (Å²) in [6.45, 7) is 0. The van der Waals surface area contributed by atoms with E-state index in [0.717, 1.165) is 0 Å². The molecule has 0 aromatic carbocycles. The minimum Gasteiger partial charge on any atom is -0.477 e. The molecule has 61 valence electrons. The largest absolute Gasteiger partial charge is 0.477 e. The van der Waals surface area contributed by atoms with Crippen molar-refractivity contribution in [2.45, 2.75) is 0 Å². The minimum atomic E-state index is -0.964. The molecule has 13 heavy (non-hydrogen) atoms. The smallest absolute Gasteiger partial charge is 0.354 e. The Labute approximate surface area is 86.4 Å². The number of carbonyl (C=O) groups is 1. The number of fused-ring (bicyclic) bond motifs is 1. The maximum atomic E-state index is 10.6. The average Bonchev–Trinajstić information content (AvgIpc) is 2.47. The van der Waals surface area contributed by atoms with Gasteiger partial charge in [0.25, 0.3) is 0 Å². The van der Waals surface area contributed by atoms with Crippen LogP contribution in [0.1, 0.15) is 10.5 Å². The number of carboxylic acids is 1. The van der Waals surface area contributed by atoms with E-state index in [4.69, 9.17) is 5.11 Å². The van der Waals surface area contributed by atoms with Crippen LogP contribution in [0.25, 0.3) is 5.65 Å². The van der Waals surface area contributed by atoms with Crippen LogP contribution in [0.15, 0.2) is 30.6 Å². The van der Waals surface area contributed by atoms with Gasteiger partial charge in [-0.1, -0.05) is 6.07 Å². The molecule has 2 aromatic heterocycles. The van der Waals surface area contributed by atoms with E-state index in [2.05, 4.69) is 4.98 Å². The Hall–Kier alpha value is -1.24. The van der Waals surface area contributed by atoms with Crippen molar-refractivity contribution < 1.29 is 9.90 Å². The monoisotopic (exact) mass is 169 g/mol. The normalized spacial score (nSPS) is 9.54. The molecule has 1 N–H and O–H groups in total. The molecule has 0 aliphatic heterocycles. The molecule has 2 rings (SSSR count). The topological polar surface area (TPSA) is 54.6 Å². The Kier molecular flexibility index (Phi) is 2.76. The van der Waals surface area contributed by atoms with Crippen molar-refractivity contribution in [2.75, 3.05) is 0 Å². The molecule has 0 saturated carbocycles. The number of nitrogens with zero attached hydrogens (tertiary/aromatic N) is 2. The summed E-state index contributed by atoms with van der Waals surface area (Å²) in [4.78, 5) is 14.5. The maximum Gasteiger partial charge on any atom is 0.354 e. The Balaban J connectivity index is 0.000000845. The van der Waals surface area contributed by atoms with Gasteiger partial charge in [-0.15, -0.1) is 0 Å². The summed E-state index contributed by atoms with van der Waals surface area (Å²) in [5, 5.41) is 8.71. The van der Waals surface area contributed by atoms with Crippen LogP contribution in [0.5, 0.6) is 0 Å². The third kappa shape index (κ3) is 1.59. The van der Waals surface area contributed by atoms with Gasteiger partial charge in [-0.2, -0.15) is 0 Å². The van der Waals surface area contributed by atoms with Gasteiger partial charge in [0.1, 0.15) is 5.65 Å². The van der Waals surface area contributed by atoms with Gasteiger partial charge < -0.3 is 5.11 Å². The van der Waals surface area contributed by atoms with Crippen LogP contribution in [0, 0.1) is 0 Å². The molecule has 4 nitrogen and oxygen atoms in total. The summed E-state index contributed by atoms with van der Waals surface area (Å²) in [6, 6.07) is 5.33. The van der Waals surface area contributed by atoms with Gasteiger partial charge >= 0.3 is 5.97 Å². The molecule has 2 aromatic rings. The Bertz CT molecular complexity index is 438. The van der Waals surface area contributed by atoms with Gasteiger partial charge in [0.2, 0.25) is 0 Å². The zero-order valence-electron chi connectivity index (χ0n) is 7.14. The number of carboxylic acid groups (broad SMARTS) is 1. The van der Waals surface area contributed by atoms with E-state index >= 15 is 0 Å². The van der Waals surface area contributed by atoms with Gasteiger partial charge in [0.15, 0.2) is 5.69 Å². The number of hydrogen-bond acceptors (Lipinski definition) is 2. The summed E-state index contributed by atoms with van der Waals surface area (Å²) >= 11 is 0. The fourth-order valence-corrected chi connectivity index (χ4v) is 1.09. The molecule has 1 radical (unpaired) electrons. The number of aromatic nitrogens is 2. The summed E-state index contributed by atoms with van der Waals surface area (Å²) in [5.74, 6) is -0.964. The summed E-state index contributed by atoms with van der Waals surface area (Å²) < 4.78 is 1.53. The molecule has 5 heteroatoms. The van der Waals surface area contributed by atoms with Crippen LogP contribution in [0.3, 0.4) is 0 Å². The van der Waals surface area contributed by atoms with E-state index in [1.807, 2.05) is 6.07 Å². The second-order valence-electron chi connectivity index (χ2n) is 2.38. The van der Waals surface area contributed by atoms with E-state index < -0.39 is 5.97 Å². The minimum absolute atomic E-state index is 0. The molecule has 0 amide bonds. The van der Waals surface area contributed by atoms with Gasteiger partial charge in [0.05, 0.1) is 6.20 Å². The predicted octanol–water partition coefficient (Wildman–Crippen LogP) is 0.652. The molecular weight excluding hydrogens is 163 g/mol. The second kappa shape index (κ2) is 3.65. The third-order valence-electron chi connectivity index (χ3n) is 1.64. The van der Waals surface area contributed by atoms with E-state index in [9.17, 15) is 4.79 Å². The first-order chi connectivity index (χ1) is 5.79. The standard InChI is InChI=1S/C8H6N2O2.Li/c11-8(12)6-5-9-7-3-1-2-4-10(6)7;/h1-5H,(H,11,12);. The average molecular weight is 169 g/mol. The molecule has 0 atom stereocenters. The zero-order chi connectivity index (χ0) is 8.55. The molecule has 0 spiro atoms. The quantitative estimate of drug-likeness (QED) is 0.637. The van der Waals surface area contributed by atoms with Crippen LogP contribution < -0.4 is 0 Å².